The number of benzene rings is 1. The molecule has 0 atom stereocenters. The number of anilines is 1. The van der Waals surface area contributed by atoms with Gasteiger partial charge in [0.25, 0.3) is 0 Å². The van der Waals surface area contributed by atoms with E-state index in [0.717, 1.165) is 42.6 Å². The number of aryl methyl sites for hydroxylation is 2. The maximum Gasteiger partial charge on any atom is 0.341 e. The van der Waals surface area contributed by atoms with Crippen LogP contribution in [-0.4, -0.2) is 25.6 Å². The van der Waals surface area contributed by atoms with Gasteiger partial charge < -0.3 is 14.8 Å². The van der Waals surface area contributed by atoms with Crippen LogP contribution >= 0.6 is 11.3 Å². The van der Waals surface area contributed by atoms with Gasteiger partial charge in [0, 0.05) is 11.3 Å². The maximum absolute atomic E-state index is 12.4. The number of thiophene rings is 1. The summed E-state index contributed by atoms with van der Waals surface area (Å²) < 4.78 is 10.4. The maximum atomic E-state index is 12.4. The second-order valence-corrected chi connectivity index (χ2v) is 7.64. The molecule has 0 saturated carbocycles. The molecule has 6 heteroatoms. The van der Waals surface area contributed by atoms with E-state index in [2.05, 4.69) is 5.32 Å². The number of hydrogen-bond acceptors (Lipinski definition) is 5. The number of rotatable bonds is 7. The van der Waals surface area contributed by atoms with E-state index in [1.807, 2.05) is 31.2 Å². The predicted octanol–water partition coefficient (Wildman–Crippen LogP) is 4.38. The molecule has 0 spiro atoms. The highest BCUT2D eigenvalue weighted by molar-refractivity contribution is 7.17. The van der Waals surface area contributed by atoms with Crippen molar-refractivity contribution < 1.29 is 19.1 Å². The number of amides is 1. The normalized spacial score (nSPS) is 13.0. The molecule has 0 unspecified atom stereocenters. The molecular weight excluding hydrogens is 362 g/mol. The number of carbonyl (C=O) groups is 2. The van der Waals surface area contributed by atoms with Gasteiger partial charge in [-0.25, -0.2) is 4.79 Å². The van der Waals surface area contributed by atoms with Crippen molar-refractivity contribution in [2.75, 3.05) is 19.0 Å². The van der Waals surface area contributed by atoms with Crippen LogP contribution in [0.15, 0.2) is 24.3 Å². The highest BCUT2D eigenvalue weighted by Crippen LogP contribution is 2.38. The SMILES string of the molecule is CCOc1ccc(CCC(=O)Nc2sc3c(c2C(=O)OC)CCCC3)cc1. The van der Waals surface area contributed by atoms with Crippen molar-refractivity contribution in [2.45, 2.75) is 45.4 Å². The van der Waals surface area contributed by atoms with Crippen molar-refractivity contribution in [3.8, 4) is 5.75 Å². The molecule has 0 radical (unpaired) electrons. The predicted molar refractivity (Wildman–Crippen MR) is 107 cm³/mol. The second-order valence-electron chi connectivity index (χ2n) is 6.53. The molecule has 1 aliphatic rings. The summed E-state index contributed by atoms with van der Waals surface area (Å²) in [6, 6.07) is 7.78. The molecule has 0 fully saturated rings. The lowest BCUT2D eigenvalue weighted by Gasteiger charge is -2.11. The van der Waals surface area contributed by atoms with E-state index in [1.165, 1.54) is 23.3 Å². The molecule has 0 bridgehead atoms. The molecule has 144 valence electrons. The van der Waals surface area contributed by atoms with Gasteiger partial charge in [0.1, 0.15) is 10.8 Å². The molecule has 0 saturated heterocycles. The zero-order valence-electron chi connectivity index (χ0n) is 15.8. The standard InChI is InChI=1S/C21H25NO4S/c1-3-26-15-11-8-14(9-12-15)10-13-18(23)22-20-19(21(24)25-2)16-6-4-5-7-17(16)27-20/h8-9,11-12H,3-7,10,13H2,1-2H3,(H,22,23). The Balaban J connectivity index is 1.65. The number of methoxy groups -OCH3 is 1. The molecule has 5 nitrogen and oxygen atoms in total. The van der Waals surface area contributed by atoms with Crippen molar-refractivity contribution in [3.63, 3.8) is 0 Å². The molecule has 1 N–H and O–H groups in total. The Morgan fingerprint density at radius 2 is 1.89 bits per heavy atom. The van der Waals surface area contributed by atoms with Crippen molar-refractivity contribution in [3.05, 3.63) is 45.8 Å². The average molecular weight is 388 g/mol. The Labute approximate surface area is 163 Å². The van der Waals surface area contributed by atoms with Gasteiger partial charge in [-0.3, -0.25) is 4.79 Å². The van der Waals surface area contributed by atoms with E-state index >= 15 is 0 Å². The highest BCUT2D eigenvalue weighted by atomic mass is 32.1. The van der Waals surface area contributed by atoms with E-state index in [1.54, 1.807) is 0 Å². The third-order valence-electron chi connectivity index (χ3n) is 4.69. The van der Waals surface area contributed by atoms with Crippen LogP contribution in [0.3, 0.4) is 0 Å². The smallest absolute Gasteiger partial charge is 0.341 e. The van der Waals surface area contributed by atoms with Crippen LogP contribution in [0.25, 0.3) is 0 Å². The van der Waals surface area contributed by atoms with E-state index in [-0.39, 0.29) is 11.9 Å². The minimum atomic E-state index is -0.365. The lowest BCUT2D eigenvalue weighted by Crippen LogP contribution is -2.15. The van der Waals surface area contributed by atoms with E-state index < -0.39 is 0 Å². The number of esters is 1. The summed E-state index contributed by atoms with van der Waals surface area (Å²) >= 11 is 1.51. The lowest BCUT2D eigenvalue weighted by molar-refractivity contribution is -0.116. The van der Waals surface area contributed by atoms with Gasteiger partial charge in [0.15, 0.2) is 0 Å². The summed E-state index contributed by atoms with van der Waals surface area (Å²) in [6.07, 6.45) is 5.02. The Kier molecular flexibility index (Phi) is 6.50. The lowest BCUT2D eigenvalue weighted by atomic mass is 9.95. The zero-order chi connectivity index (χ0) is 19.2. The molecule has 0 aliphatic heterocycles. The van der Waals surface area contributed by atoms with Crippen LogP contribution in [0.4, 0.5) is 5.00 Å². The minimum Gasteiger partial charge on any atom is -0.494 e. The molecule has 2 aromatic rings. The molecule has 1 aliphatic carbocycles. The molecule has 1 heterocycles. The van der Waals surface area contributed by atoms with Crippen LogP contribution < -0.4 is 10.1 Å². The van der Waals surface area contributed by atoms with Gasteiger partial charge in [0.2, 0.25) is 5.91 Å². The third kappa shape index (κ3) is 4.69. The van der Waals surface area contributed by atoms with Gasteiger partial charge in [-0.05, 0) is 62.3 Å². The first-order chi connectivity index (χ1) is 13.1. The number of nitrogens with one attached hydrogen (secondary N) is 1. The quantitative estimate of drug-likeness (QED) is 0.716. The summed E-state index contributed by atoms with van der Waals surface area (Å²) in [6.45, 7) is 2.58. The Hall–Kier alpha value is -2.34. The van der Waals surface area contributed by atoms with Crippen molar-refractivity contribution >= 4 is 28.2 Å². The summed E-state index contributed by atoms with van der Waals surface area (Å²) in [5.41, 5.74) is 2.68. The fourth-order valence-electron chi connectivity index (χ4n) is 3.34. The van der Waals surface area contributed by atoms with Crippen LogP contribution in [0.5, 0.6) is 5.75 Å². The minimum absolute atomic E-state index is 0.0902. The fraction of sp³-hybridized carbons (Fsp3) is 0.429. The number of fused-ring (bicyclic) bond motifs is 1. The summed E-state index contributed by atoms with van der Waals surface area (Å²) in [7, 11) is 1.38. The van der Waals surface area contributed by atoms with Crippen LogP contribution in [0, 0.1) is 0 Å². The van der Waals surface area contributed by atoms with Crippen molar-refractivity contribution in [1.82, 2.24) is 0 Å². The number of carbonyl (C=O) groups excluding carboxylic acids is 2. The molecule has 1 amide bonds. The second kappa shape index (κ2) is 9.04. The number of ether oxygens (including phenoxy) is 2. The van der Waals surface area contributed by atoms with E-state index in [4.69, 9.17) is 9.47 Å². The van der Waals surface area contributed by atoms with E-state index in [9.17, 15) is 9.59 Å². The Morgan fingerprint density at radius 3 is 2.59 bits per heavy atom. The number of hydrogen-bond donors (Lipinski definition) is 1. The highest BCUT2D eigenvalue weighted by Gasteiger charge is 2.26. The monoisotopic (exact) mass is 387 g/mol. The first kappa shape index (κ1) is 19.4. The van der Waals surface area contributed by atoms with Crippen LogP contribution in [-0.2, 0) is 28.8 Å². The van der Waals surface area contributed by atoms with Crippen LogP contribution in [0.1, 0.15) is 52.5 Å². The fourth-order valence-corrected chi connectivity index (χ4v) is 4.63. The average Bonchev–Trinajstić information content (AvgIpc) is 3.05. The summed E-state index contributed by atoms with van der Waals surface area (Å²) in [5.74, 6) is 0.376. The molecule has 1 aromatic carbocycles. The zero-order valence-corrected chi connectivity index (χ0v) is 16.6. The third-order valence-corrected chi connectivity index (χ3v) is 5.90. The largest absolute Gasteiger partial charge is 0.494 e. The topological polar surface area (TPSA) is 64.6 Å². The van der Waals surface area contributed by atoms with Gasteiger partial charge >= 0.3 is 5.97 Å². The van der Waals surface area contributed by atoms with Gasteiger partial charge in [-0.2, -0.15) is 0 Å². The van der Waals surface area contributed by atoms with Crippen LogP contribution in [0.2, 0.25) is 0 Å². The molecule has 27 heavy (non-hydrogen) atoms. The Morgan fingerprint density at radius 1 is 1.15 bits per heavy atom. The first-order valence-electron chi connectivity index (χ1n) is 9.36. The summed E-state index contributed by atoms with van der Waals surface area (Å²) in [5, 5.41) is 3.57. The van der Waals surface area contributed by atoms with Gasteiger partial charge in [-0.1, -0.05) is 12.1 Å². The van der Waals surface area contributed by atoms with Gasteiger partial charge in [0.05, 0.1) is 19.3 Å². The summed E-state index contributed by atoms with van der Waals surface area (Å²) in [4.78, 5) is 25.9. The van der Waals surface area contributed by atoms with Crippen molar-refractivity contribution in [1.29, 1.82) is 0 Å². The van der Waals surface area contributed by atoms with E-state index in [0.29, 0.717) is 30.0 Å². The molecule has 3 rings (SSSR count). The first-order valence-corrected chi connectivity index (χ1v) is 10.2. The Bertz CT molecular complexity index is 810. The molecule has 1 aromatic heterocycles. The van der Waals surface area contributed by atoms with Crippen molar-refractivity contribution in [2.24, 2.45) is 0 Å². The molecular formula is C21H25NO4S. The van der Waals surface area contributed by atoms with Gasteiger partial charge in [-0.15, -0.1) is 11.3 Å².